The van der Waals surface area contributed by atoms with Gasteiger partial charge in [0.05, 0.1) is 35.5 Å². The van der Waals surface area contributed by atoms with E-state index in [0.29, 0.717) is 22.9 Å². The topological polar surface area (TPSA) is 177 Å². The molecule has 10 rings (SSSR count). The predicted octanol–water partition coefficient (Wildman–Crippen LogP) is 8.01. The fourth-order valence-electron chi connectivity index (χ4n) is 7.95. The highest BCUT2D eigenvalue weighted by atomic mass is 16.1. The molecule has 0 unspecified atom stereocenters. The summed E-state index contributed by atoms with van der Waals surface area (Å²) in [5.41, 5.74) is 7.43. The first-order valence-corrected chi connectivity index (χ1v) is 19.4. The highest BCUT2D eigenvalue weighted by Crippen LogP contribution is 2.35. The van der Waals surface area contributed by atoms with Crippen LogP contribution in [0.3, 0.4) is 0 Å². The molecule has 1 fully saturated rings. The molecule has 290 valence electrons. The van der Waals surface area contributed by atoms with Gasteiger partial charge in [0.2, 0.25) is 0 Å². The summed E-state index contributed by atoms with van der Waals surface area (Å²) in [6.07, 6.45) is 9.45. The summed E-state index contributed by atoms with van der Waals surface area (Å²) in [5.74, 6) is 1.33. The zero-order valence-corrected chi connectivity index (χ0v) is 32.6. The van der Waals surface area contributed by atoms with E-state index in [2.05, 4.69) is 69.6 Å². The van der Waals surface area contributed by atoms with E-state index in [4.69, 9.17) is 0 Å². The molecule has 0 amide bonds. The number of pyridine rings is 2. The van der Waals surface area contributed by atoms with Gasteiger partial charge in [-0.25, -0.2) is 29.9 Å². The lowest BCUT2D eigenvalue weighted by molar-refractivity contribution is 0.298. The highest BCUT2D eigenvalue weighted by Gasteiger charge is 2.27. The lowest BCUT2D eigenvalue weighted by Gasteiger charge is -2.32. The average Bonchev–Trinajstić information content (AvgIpc) is 3.90. The number of imidazole rings is 2. The van der Waals surface area contributed by atoms with E-state index >= 15 is 0 Å². The molecule has 6 aromatic heterocycles. The lowest BCUT2D eigenvalue weighted by atomic mass is 9.91. The number of nitrogens with one attached hydrogen (secondary N) is 4. The van der Waals surface area contributed by atoms with Gasteiger partial charge in [-0.15, -0.1) is 0 Å². The van der Waals surface area contributed by atoms with E-state index < -0.39 is 0 Å². The van der Waals surface area contributed by atoms with Gasteiger partial charge < -0.3 is 25.2 Å². The van der Waals surface area contributed by atoms with Crippen LogP contribution in [-0.2, 0) is 0 Å². The number of rotatable bonds is 8. The minimum absolute atomic E-state index is 0.0326. The molecular formula is C44H42N12O2. The fourth-order valence-corrected chi connectivity index (χ4v) is 7.95. The Balaban J connectivity index is 0.000000151. The summed E-state index contributed by atoms with van der Waals surface area (Å²) < 4.78 is 3.78. The normalized spacial score (nSPS) is 13.9. The zero-order valence-electron chi connectivity index (χ0n) is 32.6. The van der Waals surface area contributed by atoms with E-state index in [1.807, 2.05) is 92.1 Å². The quantitative estimate of drug-likeness (QED) is 0.118. The second-order valence-corrected chi connectivity index (χ2v) is 14.8. The minimum Gasteiger partial charge on any atom is -0.360 e. The third kappa shape index (κ3) is 6.51. The predicted molar refractivity (Wildman–Crippen MR) is 228 cm³/mol. The third-order valence-electron chi connectivity index (χ3n) is 11.1. The smallest absolute Gasteiger partial charge is 0.263 e. The van der Waals surface area contributed by atoms with Crippen LogP contribution in [-0.4, -0.2) is 49.0 Å². The number of aryl methyl sites for hydroxylation is 2. The van der Waals surface area contributed by atoms with Gasteiger partial charge in [0.15, 0.2) is 22.9 Å². The van der Waals surface area contributed by atoms with Crippen molar-refractivity contribution >= 4 is 55.5 Å². The number of para-hydroxylation sites is 1. The SMILES string of the molecule is Cc1cccc2cc([C@H](C)Nc3ncnc4nc[nH]c34)n(-c3ccccc3)c(=O)c12.Cc1cccc2cc([C@H](C)Nc3ncnc4nc[nH]c34)n(C3CCC3)c(=O)c12. The molecule has 0 bridgehead atoms. The Bertz CT molecular complexity index is 3070. The number of aromatic amines is 2. The van der Waals surface area contributed by atoms with Crippen molar-refractivity contribution in [1.82, 2.24) is 49.0 Å². The number of fused-ring (bicyclic) bond motifs is 4. The van der Waals surface area contributed by atoms with Crippen LogP contribution in [0.25, 0.3) is 49.6 Å². The first kappa shape index (κ1) is 36.4. The summed E-state index contributed by atoms with van der Waals surface area (Å²) in [6, 6.07) is 25.8. The lowest BCUT2D eigenvalue weighted by Crippen LogP contribution is -2.33. The maximum Gasteiger partial charge on any atom is 0.263 e. The molecule has 58 heavy (non-hydrogen) atoms. The summed E-state index contributed by atoms with van der Waals surface area (Å²) in [5, 5.41) is 10.3. The Morgan fingerprint density at radius 3 is 1.72 bits per heavy atom. The van der Waals surface area contributed by atoms with Gasteiger partial charge in [-0.3, -0.25) is 14.2 Å². The Hall–Kier alpha value is -7.22. The molecule has 2 atom stereocenters. The van der Waals surface area contributed by atoms with Gasteiger partial charge in [0.1, 0.15) is 23.7 Å². The molecule has 6 heterocycles. The highest BCUT2D eigenvalue weighted by molar-refractivity contribution is 5.87. The van der Waals surface area contributed by atoms with Crippen LogP contribution < -0.4 is 21.8 Å². The molecule has 0 saturated heterocycles. The van der Waals surface area contributed by atoms with Crippen molar-refractivity contribution in [1.29, 1.82) is 0 Å². The van der Waals surface area contributed by atoms with Crippen LogP contribution in [0, 0.1) is 13.8 Å². The van der Waals surface area contributed by atoms with Gasteiger partial charge >= 0.3 is 0 Å². The molecular weight excluding hydrogens is 729 g/mol. The van der Waals surface area contributed by atoms with E-state index in [-0.39, 0.29) is 29.2 Å². The molecule has 14 nitrogen and oxygen atoms in total. The van der Waals surface area contributed by atoms with Crippen LogP contribution >= 0.6 is 0 Å². The average molecular weight is 771 g/mol. The molecule has 14 heteroatoms. The molecule has 3 aromatic carbocycles. The van der Waals surface area contributed by atoms with Crippen molar-refractivity contribution in [2.45, 2.75) is 65.1 Å². The van der Waals surface area contributed by atoms with E-state index in [1.54, 1.807) is 17.2 Å². The molecule has 0 spiro atoms. The van der Waals surface area contributed by atoms with Crippen molar-refractivity contribution in [2.75, 3.05) is 10.6 Å². The number of benzene rings is 3. The maximum atomic E-state index is 13.6. The number of nitrogens with zero attached hydrogens (tertiary/aromatic N) is 8. The van der Waals surface area contributed by atoms with Crippen molar-refractivity contribution < 1.29 is 0 Å². The Morgan fingerprint density at radius 1 is 0.638 bits per heavy atom. The monoisotopic (exact) mass is 770 g/mol. The van der Waals surface area contributed by atoms with Crippen molar-refractivity contribution in [3.05, 3.63) is 147 Å². The van der Waals surface area contributed by atoms with Crippen LogP contribution in [0.1, 0.15) is 73.8 Å². The van der Waals surface area contributed by atoms with Gasteiger partial charge in [-0.2, -0.15) is 0 Å². The van der Waals surface area contributed by atoms with E-state index in [1.165, 1.54) is 19.1 Å². The minimum atomic E-state index is -0.204. The third-order valence-corrected chi connectivity index (χ3v) is 11.1. The Kier molecular flexibility index (Phi) is 9.44. The Morgan fingerprint density at radius 2 is 1.17 bits per heavy atom. The number of hydrogen-bond acceptors (Lipinski definition) is 10. The van der Waals surface area contributed by atoms with Crippen molar-refractivity contribution in [3.8, 4) is 5.69 Å². The summed E-state index contributed by atoms with van der Waals surface area (Å²) in [4.78, 5) is 58.6. The molecule has 4 N–H and O–H groups in total. The standard InChI is InChI=1S/C23H20N6O.C21H22N6O/c1-14-7-6-8-16-11-18(29(23(30)19(14)16)17-9-4-3-5-10-17)15(2)28-22-20-21(25-12-24-20)26-13-27-22;1-12-5-3-6-14-9-16(27(15-7-4-8-15)21(28)17(12)14)13(2)26-20-18-19(23-10-22-18)24-11-25-20/h3-13,15H,1-2H3,(H2,24,25,26,27,28);3,5-6,9-11,13,15H,4,7-8H2,1-2H3,(H2,22,23,24,25,26)/t15-;13-/m00/s1. The van der Waals surface area contributed by atoms with Crippen LogP contribution in [0.4, 0.5) is 11.6 Å². The first-order valence-electron chi connectivity index (χ1n) is 19.4. The summed E-state index contributed by atoms with van der Waals surface area (Å²) in [7, 11) is 0. The first-order chi connectivity index (χ1) is 28.3. The number of anilines is 2. The summed E-state index contributed by atoms with van der Waals surface area (Å²) >= 11 is 0. The van der Waals surface area contributed by atoms with Gasteiger partial charge in [0.25, 0.3) is 11.1 Å². The van der Waals surface area contributed by atoms with E-state index in [0.717, 1.165) is 73.6 Å². The molecule has 1 saturated carbocycles. The summed E-state index contributed by atoms with van der Waals surface area (Å²) in [6.45, 7) is 8.05. The maximum absolute atomic E-state index is 13.6. The van der Waals surface area contributed by atoms with Crippen LogP contribution in [0.5, 0.6) is 0 Å². The molecule has 1 aliphatic carbocycles. The van der Waals surface area contributed by atoms with Gasteiger partial charge in [-0.05, 0) is 93.1 Å². The molecule has 0 radical (unpaired) electrons. The number of H-pyrrole nitrogens is 2. The van der Waals surface area contributed by atoms with Gasteiger partial charge in [-0.1, -0.05) is 54.6 Å². The molecule has 9 aromatic rings. The second-order valence-electron chi connectivity index (χ2n) is 14.8. The van der Waals surface area contributed by atoms with Crippen LogP contribution in [0.15, 0.2) is 114 Å². The van der Waals surface area contributed by atoms with Crippen molar-refractivity contribution in [2.24, 2.45) is 0 Å². The largest absolute Gasteiger partial charge is 0.360 e. The number of hydrogen-bond donors (Lipinski definition) is 4. The molecule has 0 aliphatic heterocycles. The molecule has 1 aliphatic rings. The van der Waals surface area contributed by atoms with Crippen molar-refractivity contribution in [3.63, 3.8) is 0 Å². The van der Waals surface area contributed by atoms with E-state index in [9.17, 15) is 9.59 Å². The number of aromatic nitrogens is 10. The van der Waals surface area contributed by atoms with Crippen LogP contribution in [0.2, 0.25) is 0 Å². The van der Waals surface area contributed by atoms with Gasteiger partial charge in [0, 0.05) is 23.1 Å². The zero-order chi connectivity index (χ0) is 39.9. The Labute approximate surface area is 332 Å². The fraction of sp³-hybridized carbons (Fsp3) is 0.227. The second kappa shape index (κ2) is 15.0.